The summed E-state index contributed by atoms with van der Waals surface area (Å²) in [7, 11) is 0. The van der Waals surface area contributed by atoms with Crippen LogP contribution in [0.15, 0.2) is 24.3 Å². The van der Waals surface area contributed by atoms with E-state index in [1.807, 2.05) is 24.3 Å². The Balaban J connectivity index is 3.05. The molecule has 1 radical (unpaired) electrons. The van der Waals surface area contributed by atoms with Crippen LogP contribution in [0.4, 0.5) is 0 Å². The monoisotopic (exact) mass is 144 g/mol. The van der Waals surface area contributed by atoms with Crippen LogP contribution in [-0.2, 0) is 0 Å². The van der Waals surface area contributed by atoms with E-state index in [4.69, 9.17) is 0 Å². The van der Waals surface area contributed by atoms with Crippen molar-refractivity contribution in [2.24, 2.45) is 0 Å². The van der Waals surface area contributed by atoms with Gasteiger partial charge in [-0.3, -0.25) is 0 Å². The fraction of sp³-hybridized carbons (Fsp3) is 0. The molecule has 0 atom stereocenters. The molecule has 0 nitrogen and oxygen atoms in total. The number of rotatable bonds is 0. The van der Waals surface area contributed by atoms with Crippen molar-refractivity contribution in [1.82, 2.24) is 0 Å². The number of hydrogen-bond acceptors (Lipinski definition) is 0. The molecule has 0 unspecified atom stereocenters. The van der Waals surface area contributed by atoms with Crippen LogP contribution in [0.2, 0.25) is 0 Å². The Morgan fingerprint density at radius 1 is 1.67 bits per heavy atom. The third kappa shape index (κ3) is 0.675. The Morgan fingerprint density at radius 3 is 2.67 bits per heavy atom. The Labute approximate surface area is 45.4 Å². The standard InChI is InChI=1S/C5H4Se/c6-5-3-1-2-4-5/h1-4H/q-1. The minimum atomic E-state index is 1.22. The van der Waals surface area contributed by atoms with E-state index in [0.29, 0.717) is 0 Å². The van der Waals surface area contributed by atoms with E-state index < -0.39 is 0 Å². The van der Waals surface area contributed by atoms with Gasteiger partial charge in [0.25, 0.3) is 0 Å². The van der Waals surface area contributed by atoms with Gasteiger partial charge < -0.3 is 0 Å². The van der Waals surface area contributed by atoms with Gasteiger partial charge in [-0.15, -0.1) is 0 Å². The molecule has 0 saturated carbocycles. The van der Waals surface area contributed by atoms with Crippen LogP contribution in [0.3, 0.4) is 0 Å². The van der Waals surface area contributed by atoms with Crippen LogP contribution in [0, 0.1) is 0 Å². The normalized spacial score (nSPS) is 8.67. The maximum absolute atomic E-state index is 2.88. The second kappa shape index (κ2) is 1.55. The predicted octanol–water partition coefficient (Wildman–Crippen LogP) is 0.199. The molecule has 31 valence electrons. The molecular formula is C5H4Se-. The molecule has 0 N–H and O–H groups in total. The van der Waals surface area contributed by atoms with Gasteiger partial charge in [-0.1, -0.05) is 0 Å². The molecule has 1 heteroatoms. The van der Waals surface area contributed by atoms with Gasteiger partial charge in [0.05, 0.1) is 0 Å². The first-order valence-electron chi connectivity index (χ1n) is 1.78. The summed E-state index contributed by atoms with van der Waals surface area (Å²) in [6.07, 6.45) is 0. The van der Waals surface area contributed by atoms with Gasteiger partial charge in [0, 0.05) is 0 Å². The topological polar surface area (TPSA) is 0 Å². The molecule has 0 fully saturated rings. The summed E-state index contributed by atoms with van der Waals surface area (Å²) in [5, 5.41) is 0. The number of hydrogen-bond donors (Lipinski definition) is 0. The summed E-state index contributed by atoms with van der Waals surface area (Å²) in [4.78, 5) is 0. The fourth-order valence-electron chi connectivity index (χ4n) is 0.356. The summed E-state index contributed by atoms with van der Waals surface area (Å²) >= 11 is 2.88. The van der Waals surface area contributed by atoms with E-state index in [1.165, 1.54) is 4.46 Å². The van der Waals surface area contributed by atoms with Crippen molar-refractivity contribution in [3.63, 3.8) is 0 Å². The molecule has 1 rings (SSSR count). The van der Waals surface area contributed by atoms with Crippen molar-refractivity contribution in [3.8, 4) is 0 Å². The SMILES string of the molecule is [Se]c1ccc[cH-]1. The minimum absolute atomic E-state index is 1.22. The molecule has 6 heavy (non-hydrogen) atoms. The first kappa shape index (κ1) is 4.04. The summed E-state index contributed by atoms with van der Waals surface area (Å²) in [5.41, 5.74) is 0. The zero-order valence-electron chi connectivity index (χ0n) is 3.22. The molecule has 0 saturated heterocycles. The Morgan fingerprint density at radius 2 is 2.50 bits per heavy atom. The zero-order chi connectivity index (χ0) is 4.41. The van der Waals surface area contributed by atoms with Crippen molar-refractivity contribution in [3.05, 3.63) is 24.3 Å². The third-order valence-corrected chi connectivity index (χ3v) is 1.20. The first-order chi connectivity index (χ1) is 2.89. The van der Waals surface area contributed by atoms with Crippen molar-refractivity contribution in [1.29, 1.82) is 0 Å². The van der Waals surface area contributed by atoms with Crippen LogP contribution in [0.1, 0.15) is 0 Å². The van der Waals surface area contributed by atoms with Crippen LogP contribution in [0.5, 0.6) is 0 Å². The van der Waals surface area contributed by atoms with Crippen LogP contribution >= 0.6 is 0 Å². The predicted molar refractivity (Wildman–Crippen MR) is 27.4 cm³/mol. The second-order valence-corrected chi connectivity index (χ2v) is 2.11. The fourth-order valence-corrected chi connectivity index (χ4v) is 0.686. The van der Waals surface area contributed by atoms with Gasteiger partial charge in [0.15, 0.2) is 0 Å². The van der Waals surface area contributed by atoms with E-state index in [0.717, 1.165) is 0 Å². The molecule has 0 heterocycles. The van der Waals surface area contributed by atoms with Crippen LogP contribution in [0.25, 0.3) is 0 Å². The Kier molecular flexibility index (Phi) is 1.04. The van der Waals surface area contributed by atoms with E-state index in [9.17, 15) is 0 Å². The quantitative estimate of drug-likeness (QED) is 0.359. The van der Waals surface area contributed by atoms with Gasteiger partial charge in [-0.25, -0.2) is 0 Å². The van der Waals surface area contributed by atoms with Crippen molar-refractivity contribution >= 4 is 20.5 Å². The van der Waals surface area contributed by atoms with Gasteiger partial charge >= 0.3 is 44.7 Å². The molecule has 1 aromatic rings. The van der Waals surface area contributed by atoms with Gasteiger partial charge in [0.2, 0.25) is 0 Å². The summed E-state index contributed by atoms with van der Waals surface area (Å²) < 4.78 is 1.22. The summed E-state index contributed by atoms with van der Waals surface area (Å²) in [5.74, 6) is 0. The molecule has 0 bridgehead atoms. The molecule has 0 aliphatic rings. The second-order valence-electron chi connectivity index (χ2n) is 1.12. The average Bonchev–Trinajstić information content (AvgIpc) is 1.86. The Hall–Kier alpha value is -0.131. The van der Waals surface area contributed by atoms with Crippen LogP contribution < -0.4 is 4.46 Å². The molecular weight excluding hydrogens is 139 g/mol. The van der Waals surface area contributed by atoms with Gasteiger partial charge in [0.1, 0.15) is 0 Å². The first-order valence-corrected chi connectivity index (χ1v) is 2.64. The zero-order valence-corrected chi connectivity index (χ0v) is 4.93. The van der Waals surface area contributed by atoms with Crippen molar-refractivity contribution < 1.29 is 0 Å². The summed E-state index contributed by atoms with van der Waals surface area (Å²) in [6.45, 7) is 0. The van der Waals surface area contributed by atoms with Gasteiger partial charge in [-0.2, -0.15) is 0 Å². The van der Waals surface area contributed by atoms with E-state index in [2.05, 4.69) is 16.0 Å². The molecule has 0 aliphatic heterocycles. The van der Waals surface area contributed by atoms with Crippen LogP contribution in [-0.4, -0.2) is 16.0 Å². The molecule has 0 aliphatic carbocycles. The molecule has 0 spiro atoms. The average molecular weight is 143 g/mol. The van der Waals surface area contributed by atoms with Crippen molar-refractivity contribution in [2.45, 2.75) is 0 Å². The molecule has 0 amide bonds. The van der Waals surface area contributed by atoms with E-state index in [1.54, 1.807) is 0 Å². The van der Waals surface area contributed by atoms with E-state index >= 15 is 0 Å². The van der Waals surface area contributed by atoms with Gasteiger partial charge in [-0.05, 0) is 0 Å². The molecule has 0 aromatic heterocycles. The maximum atomic E-state index is 2.88. The Bertz CT molecular complexity index is 107. The molecule has 1 aromatic carbocycles. The summed E-state index contributed by atoms with van der Waals surface area (Å²) in [6, 6.07) is 8.07. The third-order valence-electron chi connectivity index (χ3n) is 0.632. The van der Waals surface area contributed by atoms with Crippen molar-refractivity contribution in [2.75, 3.05) is 0 Å². The van der Waals surface area contributed by atoms with E-state index in [-0.39, 0.29) is 0 Å².